The number of imidazole rings is 1. The summed E-state index contributed by atoms with van der Waals surface area (Å²) in [7, 11) is 0. The Kier molecular flexibility index (Phi) is 2.72. The van der Waals surface area contributed by atoms with Crippen molar-refractivity contribution >= 4 is 27.5 Å². The van der Waals surface area contributed by atoms with Gasteiger partial charge in [-0.15, -0.1) is 0 Å². The predicted molar refractivity (Wildman–Crippen MR) is 122 cm³/mol. The third kappa shape index (κ3) is 1.84. The first kappa shape index (κ1) is 15.7. The van der Waals surface area contributed by atoms with Crippen LogP contribution in [-0.4, -0.2) is 19.4 Å². The van der Waals surface area contributed by atoms with Gasteiger partial charge in [-0.05, 0) is 52.4 Å². The molecule has 144 valence electrons. The molecule has 8 rings (SSSR count). The van der Waals surface area contributed by atoms with Crippen LogP contribution >= 0.6 is 0 Å². The first-order valence-electron chi connectivity index (χ1n) is 10.6. The van der Waals surface area contributed by atoms with E-state index in [1.807, 2.05) is 24.7 Å². The fourth-order valence-electron chi connectivity index (χ4n) is 5.70. The van der Waals surface area contributed by atoms with Crippen LogP contribution in [0.1, 0.15) is 22.4 Å². The Labute approximate surface area is 177 Å². The van der Waals surface area contributed by atoms with Crippen molar-refractivity contribution in [3.63, 3.8) is 0 Å². The summed E-state index contributed by atoms with van der Waals surface area (Å²) in [5.41, 5.74) is 12.6. The van der Waals surface area contributed by atoms with Crippen molar-refractivity contribution in [2.45, 2.75) is 12.8 Å². The van der Waals surface area contributed by atoms with E-state index in [-0.39, 0.29) is 0 Å². The number of nitrogens with zero attached hydrogens (tertiary/aromatic N) is 4. The highest BCUT2D eigenvalue weighted by atomic mass is 15.1. The molecular weight excluding hydrogens is 380 g/mol. The molecule has 0 fully saturated rings. The molecule has 2 aliphatic rings. The molecule has 4 nitrogen and oxygen atoms in total. The first-order chi connectivity index (χ1) is 15.4. The van der Waals surface area contributed by atoms with E-state index in [0.29, 0.717) is 0 Å². The average Bonchev–Trinajstić information content (AvgIpc) is 3.48. The van der Waals surface area contributed by atoms with E-state index in [0.717, 1.165) is 46.0 Å². The largest absolute Gasteiger partial charge is 0.275 e. The van der Waals surface area contributed by atoms with Crippen LogP contribution in [0.2, 0.25) is 0 Å². The lowest BCUT2D eigenvalue weighted by Crippen LogP contribution is -1.98. The normalized spacial score (nSPS) is 13.5. The first-order valence-corrected chi connectivity index (χ1v) is 10.6. The van der Waals surface area contributed by atoms with Crippen LogP contribution < -0.4 is 0 Å². The maximum atomic E-state index is 5.16. The number of fused-ring (bicyclic) bond motifs is 14. The Morgan fingerprint density at radius 1 is 0.710 bits per heavy atom. The van der Waals surface area contributed by atoms with Crippen LogP contribution in [-0.2, 0) is 12.8 Å². The molecule has 6 aromatic rings. The maximum absolute atomic E-state index is 5.16. The fourth-order valence-corrected chi connectivity index (χ4v) is 5.70. The van der Waals surface area contributed by atoms with Crippen molar-refractivity contribution in [3.05, 3.63) is 95.6 Å². The van der Waals surface area contributed by atoms with Crippen molar-refractivity contribution in [2.24, 2.45) is 0 Å². The molecule has 4 heterocycles. The molecule has 0 radical (unpaired) electrons. The lowest BCUT2D eigenvalue weighted by molar-refractivity contribution is 1.16. The summed E-state index contributed by atoms with van der Waals surface area (Å²) in [5.74, 6) is 0. The quantitative estimate of drug-likeness (QED) is 0.315. The van der Waals surface area contributed by atoms with Crippen molar-refractivity contribution in [2.75, 3.05) is 0 Å². The van der Waals surface area contributed by atoms with Crippen LogP contribution in [0.3, 0.4) is 0 Å². The Morgan fingerprint density at radius 3 is 2.65 bits per heavy atom. The molecular formula is C27H16N4. The van der Waals surface area contributed by atoms with Gasteiger partial charge in [0.25, 0.3) is 0 Å². The second kappa shape index (κ2) is 5.35. The van der Waals surface area contributed by atoms with Crippen molar-refractivity contribution in [3.8, 4) is 22.4 Å². The van der Waals surface area contributed by atoms with Gasteiger partial charge in [0.2, 0.25) is 0 Å². The topological polar surface area (TPSA) is 43.1 Å². The van der Waals surface area contributed by atoms with E-state index in [9.17, 15) is 0 Å². The zero-order chi connectivity index (χ0) is 20.1. The molecule has 0 saturated carbocycles. The second-order valence-electron chi connectivity index (χ2n) is 8.50. The number of aromatic nitrogens is 4. The Bertz CT molecular complexity index is 1740. The highest BCUT2D eigenvalue weighted by Gasteiger charge is 2.32. The number of rotatable bonds is 0. The van der Waals surface area contributed by atoms with Crippen LogP contribution in [0.15, 0.2) is 73.2 Å². The molecule has 4 heteroatoms. The second-order valence-corrected chi connectivity index (χ2v) is 8.50. The fraction of sp³-hybridized carbons (Fsp3) is 0.0741. The molecule has 0 bridgehead atoms. The van der Waals surface area contributed by atoms with Crippen molar-refractivity contribution < 1.29 is 0 Å². The van der Waals surface area contributed by atoms with Gasteiger partial charge in [0.1, 0.15) is 11.3 Å². The van der Waals surface area contributed by atoms with Gasteiger partial charge in [-0.3, -0.25) is 9.38 Å². The van der Waals surface area contributed by atoms with E-state index in [1.165, 1.54) is 39.1 Å². The molecule has 0 unspecified atom stereocenters. The molecule has 0 amide bonds. The summed E-state index contributed by atoms with van der Waals surface area (Å²) in [4.78, 5) is 14.3. The number of hydrogen-bond donors (Lipinski definition) is 0. The number of pyridine rings is 3. The molecule has 0 aliphatic heterocycles. The summed E-state index contributed by atoms with van der Waals surface area (Å²) < 4.78 is 2.29. The van der Waals surface area contributed by atoms with Gasteiger partial charge in [-0.1, -0.05) is 36.4 Å². The molecule has 2 aromatic carbocycles. The van der Waals surface area contributed by atoms with E-state index in [4.69, 9.17) is 9.97 Å². The summed E-state index contributed by atoms with van der Waals surface area (Å²) >= 11 is 0. The third-order valence-corrected chi connectivity index (χ3v) is 6.97. The smallest absolute Gasteiger partial charge is 0.147 e. The Morgan fingerprint density at radius 2 is 1.65 bits per heavy atom. The minimum Gasteiger partial charge on any atom is -0.275 e. The monoisotopic (exact) mass is 396 g/mol. The molecule has 0 N–H and O–H groups in total. The zero-order valence-corrected chi connectivity index (χ0v) is 16.6. The van der Waals surface area contributed by atoms with Gasteiger partial charge in [0.05, 0.1) is 11.4 Å². The molecule has 2 aliphatic carbocycles. The third-order valence-electron chi connectivity index (χ3n) is 6.97. The molecule has 4 aromatic heterocycles. The predicted octanol–water partition coefficient (Wildman–Crippen LogP) is 5.57. The van der Waals surface area contributed by atoms with Gasteiger partial charge >= 0.3 is 0 Å². The highest BCUT2D eigenvalue weighted by Crippen LogP contribution is 2.48. The standard InChI is InChI=1S/C27H16N4/c1-2-5-17-15(4-1)12-21-18(17)8-7-16-13-23-25(24(16)21)31-26-19(6-3-10-29-26)22-14-28-11-9-20(22)27(31)30-23/h1-11,14H,12-13H2. The molecule has 0 spiro atoms. The lowest BCUT2D eigenvalue weighted by atomic mass is 9.97. The average molecular weight is 396 g/mol. The van der Waals surface area contributed by atoms with E-state index in [2.05, 4.69) is 57.9 Å². The van der Waals surface area contributed by atoms with Crippen LogP contribution in [0, 0.1) is 0 Å². The summed E-state index contributed by atoms with van der Waals surface area (Å²) in [6, 6.07) is 19.6. The number of hydrogen-bond acceptors (Lipinski definition) is 3. The molecule has 0 atom stereocenters. The van der Waals surface area contributed by atoms with E-state index >= 15 is 0 Å². The van der Waals surface area contributed by atoms with Crippen LogP contribution in [0.25, 0.3) is 49.8 Å². The van der Waals surface area contributed by atoms with Crippen LogP contribution in [0.4, 0.5) is 0 Å². The highest BCUT2D eigenvalue weighted by molar-refractivity contribution is 6.11. The summed E-state index contributed by atoms with van der Waals surface area (Å²) in [6.45, 7) is 0. The number of benzene rings is 2. The summed E-state index contributed by atoms with van der Waals surface area (Å²) in [5, 5.41) is 3.35. The molecule has 31 heavy (non-hydrogen) atoms. The van der Waals surface area contributed by atoms with Gasteiger partial charge in [-0.2, -0.15) is 0 Å². The van der Waals surface area contributed by atoms with Gasteiger partial charge in [0, 0.05) is 46.7 Å². The Balaban J connectivity index is 1.55. The molecule has 0 saturated heterocycles. The summed E-state index contributed by atoms with van der Waals surface area (Å²) in [6.07, 6.45) is 7.51. The Hall–Kier alpha value is -4.05. The van der Waals surface area contributed by atoms with Crippen molar-refractivity contribution in [1.29, 1.82) is 0 Å². The van der Waals surface area contributed by atoms with Gasteiger partial charge in [-0.25, -0.2) is 9.97 Å². The maximum Gasteiger partial charge on any atom is 0.147 e. The SMILES string of the molecule is c1ccc2c(c1)Cc1c-2ccc2c1-c1c(nc3c4ccncc4c4cccnc4n13)C2. The minimum absolute atomic E-state index is 0.872. The zero-order valence-electron chi connectivity index (χ0n) is 16.6. The van der Waals surface area contributed by atoms with Crippen LogP contribution in [0.5, 0.6) is 0 Å². The minimum atomic E-state index is 0.872. The van der Waals surface area contributed by atoms with E-state index < -0.39 is 0 Å². The van der Waals surface area contributed by atoms with Crippen molar-refractivity contribution in [1.82, 2.24) is 19.4 Å². The van der Waals surface area contributed by atoms with Gasteiger partial charge in [0.15, 0.2) is 0 Å². The van der Waals surface area contributed by atoms with Gasteiger partial charge < -0.3 is 0 Å². The lowest BCUT2D eigenvalue weighted by Gasteiger charge is -2.12. The van der Waals surface area contributed by atoms with E-state index in [1.54, 1.807) is 0 Å².